The number of aromatic nitrogens is 4. The van der Waals surface area contributed by atoms with Gasteiger partial charge >= 0.3 is 0 Å². The summed E-state index contributed by atoms with van der Waals surface area (Å²) >= 11 is 7.55. The molecular weight excluding hydrogens is 430 g/mol. The van der Waals surface area contributed by atoms with Gasteiger partial charge in [0.25, 0.3) is 0 Å². The van der Waals surface area contributed by atoms with Crippen LogP contribution in [0.4, 0.5) is 5.69 Å². The predicted octanol–water partition coefficient (Wildman–Crippen LogP) is 5.63. The van der Waals surface area contributed by atoms with Gasteiger partial charge in [-0.2, -0.15) is 5.10 Å². The Balaban J connectivity index is 1.50. The third-order valence-electron chi connectivity index (χ3n) is 5.01. The average molecular weight is 454 g/mol. The zero-order valence-electron chi connectivity index (χ0n) is 17.7. The molecule has 0 aliphatic heterocycles. The largest absolute Gasteiger partial charge is 0.322 e. The fourth-order valence-electron chi connectivity index (χ4n) is 3.58. The van der Waals surface area contributed by atoms with Crippen LogP contribution in [0, 0.1) is 13.8 Å². The molecule has 2 heterocycles. The number of imidazole rings is 1. The lowest BCUT2D eigenvalue weighted by molar-refractivity contribution is -0.113. The lowest BCUT2D eigenvalue weighted by Gasteiger charge is -2.09. The highest BCUT2D eigenvalue weighted by Gasteiger charge is 2.17. The van der Waals surface area contributed by atoms with E-state index in [1.165, 1.54) is 11.8 Å². The van der Waals surface area contributed by atoms with Crippen molar-refractivity contribution in [3.05, 3.63) is 64.9 Å². The van der Waals surface area contributed by atoms with Crippen LogP contribution in [0.25, 0.3) is 16.7 Å². The Morgan fingerprint density at radius 2 is 1.94 bits per heavy atom. The van der Waals surface area contributed by atoms with E-state index in [1.54, 1.807) is 0 Å². The molecular formula is C23H24ClN5OS. The van der Waals surface area contributed by atoms with Gasteiger partial charge < -0.3 is 9.88 Å². The molecule has 0 spiro atoms. The normalized spacial score (nSPS) is 11.2. The van der Waals surface area contributed by atoms with Crippen LogP contribution in [-0.4, -0.2) is 31.0 Å². The maximum absolute atomic E-state index is 12.7. The maximum atomic E-state index is 12.7. The van der Waals surface area contributed by atoms with Crippen molar-refractivity contribution >= 4 is 46.0 Å². The summed E-state index contributed by atoms with van der Waals surface area (Å²) in [7, 11) is 0. The summed E-state index contributed by atoms with van der Waals surface area (Å²) in [6.45, 7) is 6.82. The summed E-state index contributed by atoms with van der Waals surface area (Å²) < 4.78 is 4.00. The first-order valence-electron chi connectivity index (χ1n) is 10.2. The number of fused-ring (bicyclic) bond motifs is 1. The van der Waals surface area contributed by atoms with E-state index in [0.717, 1.165) is 51.9 Å². The number of para-hydroxylation sites is 1. The number of nitrogens with zero attached hydrogens (tertiary/aromatic N) is 4. The predicted molar refractivity (Wildman–Crippen MR) is 127 cm³/mol. The smallest absolute Gasteiger partial charge is 0.234 e. The number of halogens is 1. The van der Waals surface area contributed by atoms with Gasteiger partial charge in [0.2, 0.25) is 5.91 Å². The SMILES string of the molecule is CCCn1c(SCC(=O)Nc2c(C)nn(-c3ccccc3)c2C)nc2cc(Cl)ccc21. The first kappa shape index (κ1) is 21.5. The third kappa shape index (κ3) is 4.48. The Bertz CT molecular complexity index is 1230. The molecule has 0 fully saturated rings. The van der Waals surface area contributed by atoms with Gasteiger partial charge in [0, 0.05) is 11.6 Å². The first-order chi connectivity index (χ1) is 15.0. The van der Waals surface area contributed by atoms with Gasteiger partial charge in [0.1, 0.15) is 0 Å². The standard InChI is InChI=1S/C23H24ClN5OS/c1-4-12-28-20-11-10-17(24)13-19(20)25-23(28)31-14-21(30)26-22-15(2)27-29(16(22)3)18-8-6-5-7-9-18/h5-11,13H,4,12,14H2,1-3H3,(H,26,30). The molecule has 0 radical (unpaired) electrons. The minimum atomic E-state index is -0.0862. The number of carbonyl (C=O) groups excluding carboxylic acids is 1. The van der Waals surface area contributed by atoms with E-state index in [-0.39, 0.29) is 11.7 Å². The summed E-state index contributed by atoms with van der Waals surface area (Å²) in [6.07, 6.45) is 0.977. The topological polar surface area (TPSA) is 64.7 Å². The second-order valence-corrected chi connectivity index (χ2v) is 8.69. The fraction of sp³-hybridized carbons (Fsp3) is 0.261. The fourth-order valence-corrected chi connectivity index (χ4v) is 4.59. The zero-order valence-corrected chi connectivity index (χ0v) is 19.3. The summed E-state index contributed by atoms with van der Waals surface area (Å²) in [4.78, 5) is 17.4. The summed E-state index contributed by atoms with van der Waals surface area (Å²) in [5.41, 5.74) is 5.28. The van der Waals surface area contributed by atoms with Crippen molar-refractivity contribution in [2.24, 2.45) is 0 Å². The van der Waals surface area contributed by atoms with E-state index in [1.807, 2.05) is 67.1 Å². The van der Waals surface area contributed by atoms with Crippen LogP contribution in [-0.2, 0) is 11.3 Å². The van der Waals surface area contributed by atoms with Gasteiger partial charge in [-0.3, -0.25) is 4.79 Å². The number of benzene rings is 2. The number of rotatable bonds is 7. The minimum absolute atomic E-state index is 0.0862. The number of nitrogens with one attached hydrogen (secondary N) is 1. The monoisotopic (exact) mass is 453 g/mol. The highest BCUT2D eigenvalue weighted by atomic mass is 35.5. The summed E-state index contributed by atoms with van der Waals surface area (Å²) in [6, 6.07) is 15.6. The lowest BCUT2D eigenvalue weighted by Crippen LogP contribution is -2.16. The van der Waals surface area contributed by atoms with Crippen molar-refractivity contribution in [3.63, 3.8) is 0 Å². The number of hydrogen-bond donors (Lipinski definition) is 1. The molecule has 0 aliphatic carbocycles. The highest BCUT2D eigenvalue weighted by Crippen LogP contribution is 2.28. The Kier molecular flexibility index (Phi) is 6.34. The van der Waals surface area contributed by atoms with Gasteiger partial charge in [-0.25, -0.2) is 9.67 Å². The van der Waals surface area contributed by atoms with Crippen LogP contribution in [0.3, 0.4) is 0 Å². The molecule has 4 aromatic rings. The molecule has 2 aromatic carbocycles. The molecule has 0 bridgehead atoms. The van der Waals surface area contributed by atoms with Crippen LogP contribution < -0.4 is 5.32 Å². The molecule has 0 unspecified atom stereocenters. The van der Waals surface area contributed by atoms with Crippen molar-refractivity contribution in [1.29, 1.82) is 0 Å². The molecule has 6 nitrogen and oxygen atoms in total. The number of carbonyl (C=O) groups is 1. The molecule has 2 aromatic heterocycles. The van der Waals surface area contributed by atoms with Crippen LogP contribution in [0.15, 0.2) is 53.7 Å². The van der Waals surface area contributed by atoms with Crippen molar-refractivity contribution in [2.45, 2.75) is 38.9 Å². The first-order valence-corrected chi connectivity index (χ1v) is 11.5. The molecule has 0 aliphatic rings. The molecule has 1 N–H and O–H groups in total. The van der Waals surface area contributed by atoms with E-state index in [4.69, 9.17) is 16.6 Å². The molecule has 1 amide bonds. The number of aryl methyl sites for hydroxylation is 2. The Morgan fingerprint density at radius 1 is 1.16 bits per heavy atom. The van der Waals surface area contributed by atoms with Crippen molar-refractivity contribution in [3.8, 4) is 5.69 Å². The molecule has 160 valence electrons. The van der Waals surface area contributed by atoms with Gasteiger partial charge in [0.15, 0.2) is 5.16 Å². The van der Waals surface area contributed by atoms with Crippen LogP contribution in [0.2, 0.25) is 5.02 Å². The third-order valence-corrected chi connectivity index (χ3v) is 6.22. The molecule has 0 saturated carbocycles. The highest BCUT2D eigenvalue weighted by molar-refractivity contribution is 7.99. The quantitative estimate of drug-likeness (QED) is 0.368. The van der Waals surface area contributed by atoms with Crippen LogP contribution in [0.5, 0.6) is 0 Å². The molecule has 0 saturated heterocycles. The summed E-state index contributed by atoms with van der Waals surface area (Å²) in [5, 5.41) is 9.10. The van der Waals surface area contributed by atoms with Crippen molar-refractivity contribution in [2.75, 3.05) is 11.1 Å². The number of amides is 1. The Labute approximate surface area is 190 Å². The minimum Gasteiger partial charge on any atom is -0.322 e. The van der Waals surface area contributed by atoms with Crippen LogP contribution in [0.1, 0.15) is 24.7 Å². The van der Waals surface area contributed by atoms with Gasteiger partial charge in [-0.15, -0.1) is 0 Å². The Hall–Kier alpha value is -2.77. The number of hydrogen-bond acceptors (Lipinski definition) is 4. The maximum Gasteiger partial charge on any atom is 0.234 e. The number of anilines is 1. The van der Waals surface area contributed by atoms with Crippen LogP contribution >= 0.6 is 23.4 Å². The van der Waals surface area contributed by atoms with E-state index in [2.05, 4.69) is 21.9 Å². The van der Waals surface area contributed by atoms with Gasteiger partial charge in [-0.1, -0.05) is 48.5 Å². The lowest BCUT2D eigenvalue weighted by atomic mass is 10.3. The van der Waals surface area contributed by atoms with Gasteiger partial charge in [-0.05, 0) is 50.6 Å². The second-order valence-electron chi connectivity index (χ2n) is 7.31. The molecule has 0 atom stereocenters. The number of thioether (sulfide) groups is 1. The molecule has 31 heavy (non-hydrogen) atoms. The van der Waals surface area contributed by atoms with E-state index in [9.17, 15) is 4.79 Å². The van der Waals surface area contributed by atoms with Gasteiger partial charge in [0.05, 0.1) is 39.5 Å². The summed E-state index contributed by atoms with van der Waals surface area (Å²) in [5.74, 6) is 0.174. The average Bonchev–Trinajstić information content (AvgIpc) is 3.24. The van der Waals surface area contributed by atoms with E-state index < -0.39 is 0 Å². The second kappa shape index (κ2) is 9.16. The molecule has 8 heteroatoms. The van der Waals surface area contributed by atoms with E-state index in [0.29, 0.717) is 5.02 Å². The van der Waals surface area contributed by atoms with Crippen molar-refractivity contribution < 1.29 is 4.79 Å². The van der Waals surface area contributed by atoms with E-state index >= 15 is 0 Å². The van der Waals surface area contributed by atoms with Crippen molar-refractivity contribution in [1.82, 2.24) is 19.3 Å². The zero-order chi connectivity index (χ0) is 22.0. The molecule has 4 rings (SSSR count). The Morgan fingerprint density at radius 3 is 2.68 bits per heavy atom.